The summed E-state index contributed by atoms with van der Waals surface area (Å²) in [5.74, 6) is 0.696. The number of aromatic nitrogens is 5. The molecule has 1 aromatic carbocycles. The lowest BCUT2D eigenvalue weighted by atomic mass is 10.0. The normalized spacial score (nSPS) is 16.0. The van der Waals surface area contributed by atoms with Gasteiger partial charge in [-0.25, -0.2) is 19.0 Å². The second-order valence-electron chi connectivity index (χ2n) is 8.44. The van der Waals surface area contributed by atoms with E-state index in [2.05, 4.69) is 25.0 Å². The van der Waals surface area contributed by atoms with E-state index in [1.807, 2.05) is 11.0 Å². The fourth-order valence-electron chi connectivity index (χ4n) is 4.69. The number of anilines is 3. The lowest BCUT2D eigenvalue weighted by Gasteiger charge is -2.32. The number of pyridine rings is 1. The predicted molar refractivity (Wildman–Crippen MR) is 117 cm³/mol. The van der Waals surface area contributed by atoms with Crippen molar-refractivity contribution in [2.75, 3.05) is 22.9 Å². The Morgan fingerprint density at radius 2 is 1.82 bits per heavy atom. The second kappa shape index (κ2) is 7.64. The van der Waals surface area contributed by atoms with Crippen LogP contribution in [0.25, 0.3) is 10.9 Å². The summed E-state index contributed by atoms with van der Waals surface area (Å²) in [6, 6.07) is 7.49. The fraction of sp³-hybridized carbons (Fsp3) is 0.304. The Morgan fingerprint density at radius 1 is 0.941 bits per heavy atom. The minimum atomic E-state index is -4.50. The van der Waals surface area contributed by atoms with Crippen molar-refractivity contribution in [3.63, 3.8) is 0 Å². The lowest BCUT2D eigenvalue weighted by molar-refractivity contribution is -0.141. The predicted octanol–water partition coefficient (Wildman–Crippen LogP) is 4.48. The maximum atomic E-state index is 13.9. The number of aryl methyl sites for hydroxylation is 1. The quantitative estimate of drug-likeness (QED) is 0.404. The minimum absolute atomic E-state index is 0.357. The molecule has 0 bridgehead atoms. The summed E-state index contributed by atoms with van der Waals surface area (Å²) in [5.41, 5.74) is 2.37. The first kappa shape index (κ1) is 20.8. The summed E-state index contributed by atoms with van der Waals surface area (Å²) in [4.78, 5) is 17.1. The SMILES string of the molecule is Fc1ccc2ncnc(N3CCc4ncc(N5CCCn6nc(C(F)(F)F)cc65)cc4C3)c2c1. The van der Waals surface area contributed by atoms with Gasteiger partial charge >= 0.3 is 6.18 Å². The molecule has 0 N–H and O–H groups in total. The zero-order chi connectivity index (χ0) is 23.4. The summed E-state index contributed by atoms with van der Waals surface area (Å²) in [7, 11) is 0. The highest BCUT2D eigenvalue weighted by atomic mass is 19.4. The Kier molecular flexibility index (Phi) is 4.68. The minimum Gasteiger partial charge on any atom is -0.351 e. The molecule has 174 valence electrons. The van der Waals surface area contributed by atoms with Crippen molar-refractivity contribution in [3.8, 4) is 0 Å². The fourth-order valence-corrected chi connectivity index (χ4v) is 4.69. The summed E-state index contributed by atoms with van der Waals surface area (Å²) in [6.45, 7) is 2.17. The van der Waals surface area contributed by atoms with Gasteiger partial charge in [0.1, 0.15) is 23.8 Å². The monoisotopic (exact) mass is 469 g/mol. The zero-order valence-corrected chi connectivity index (χ0v) is 17.9. The number of hydrogen-bond donors (Lipinski definition) is 0. The van der Waals surface area contributed by atoms with Crippen molar-refractivity contribution in [1.82, 2.24) is 24.7 Å². The number of alkyl halides is 3. The Balaban J connectivity index is 1.34. The van der Waals surface area contributed by atoms with Crippen LogP contribution >= 0.6 is 0 Å². The van der Waals surface area contributed by atoms with Crippen LogP contribution in [0.15, 0.2) is 42.9 Å². The number of benzene rings is 1. The first-order valence-corrected chi connectivity index (χ1v) is 10.9. The standard InChI is InChI=1S/C23H19F4N7/c24-15-2-3-19-17(9-15)22(30-13-29-19)32-7-4-18-14(12-32)8-16(11-28-18)33-5-1-6-34-21(33)10-20(31-34)23(25,26)27/h2-3,8-11,13H,1,4-7,12H2. The van der Waals surface area contributed by atoms with E-state index in [0.717, 1.165) is 17.3 Å². The average Bonchev–Trinajstić information content (AvgIpc) is 3.28. The van der Waals surface area contributed by atoms with E-state index in [9.17, 15) is 17.6 Å². The van der Waals surface area contributed by atoms with E-state index in [4.69, 9.17) is 0 Å². The van der Waals surface area contributed by atoms with E-state index < -0.39 is 11.9 Å². The Bertz CT molecular complexity index is 1400. The largest absolute Gasteiger partial charge is 0.435 e. The first-order chi connectivity index (χ1) is 16.4. The third kappa shape index (κ3) is 3.51. The molecule has 0 amide bonds. The Hall–Kier alpha value is -3.76. The van der Waals surface area contributed by atoms with E-state index in [-0.39, 0.29) is 5.82 Å². The van der Waals surface area contributed by atoms with Gasteiger partial charge in [-0.15, -0.1) is 0 Å². The van der Waals surface area contributed by atoms with Crippen LogP contribution in [0.4, 0.5) is 34.9 Å². The molecule has 34 heavy (non-hydrogen) atoms. The molecular formula is C23H19F4N7. The van der Waals surface area contributed by atoms with Gasteiger partial charge in [-0.3, -0.25) is 4.98 Å². The molecule has 0 spiro atoms. The highest BCUT2D eigenvalue weighted by Gasteiger charge is 2.36. The molecular weight excluding hydrogens is 450 g/mol. The molecule has 7 nitrogen and oxygen atoms in total. The van der Waals surface area contributed by atoms with Gasteiger partial charge in [0, 0.05) is 49.7 Å². The smallest absolute Gasteiger partial charge is 0.351 e. The molecule has 0 saturated carbocycles. The summed E-state index contributed by atoms with van der Waals surface area (Å²) in [6.07, 6.45) is 0.0252. The van der Waals surface area contributed by atoms with Crippen molar-refractivity contribution in [1.29, 1.82) is 0 Å². The number of fused-ring (bicyclic) bond motifs is 3. The van der Waals surface area contributed by atoms with Gasteiger partial charge in [0.25, 0.3) is 0 Å². The molecule has 0 unspecified atom stereocenters. The zero-order valence-electron chi connectivity index (χ0n) is 17.9. The molecule has 6 rings (SSSR count). The third-order valence-electron chi connectivity index (χ3n) is 6.29. The number of nitrogens with zero attached hydrogens (tertiary/aromatic N) is 7. The molecule has 2 aliphatic rings. The topological polar surface area (TPSA) is 63.0 Å². The Morgan fingerprint density at radius 3 is 2.68 bits per heavy atom. The van der Waals surface area contributed by atoms with E-state index in [1.54, 1.807) is 12.3 Å². The van der Waals surface area contributed by atoms with Gasteiger partial charge < -0.3 is 9.80 Å². The maximum absolute atomic E-state index is 13.9. The van der Waals surface area contributed by atoms with Crippen molar-refractivity contribution < 1.29 is 17.6 Å². The highest BCUT2D eigenvalue weighted by Crippen LogP contribution is 2.37. The molecule has 5 heterocycles. The molecule has 4 aromatic rings. The lowest BCUT2D eigenvalue weighted by Crippen LogP contribution is -2.33. The van der Waals surface area contributed by atoms with Crippen molar-refractivity contribution in [2.24, 2.45) is 0 Å². The molecule has 0 atom stereocenters. The Labute approximate surface area is 191 Å². The van der Waals surface area contributed by atoms with Crippen LogP contribution in [0.1, 0.15) is 23.4 Å². The van der Waals surface area contributed by atoms with Crippen LogP contribution in [0, 0.1) is 5.82 Å². The molecule has 2 aliphatic heterocycles. The van der Waals surface area contributed by atoms with Gasteiger partial charge in [-0.1, -0.05) is 0 Å². The first-order valence-electron chi connectivity index (χ1n) is 10.9. The second-order valence-corrected chi connectivity index (χ2v) is 8.44. The summed E-state index contributed by atoms with van der Waals surface area (Å²) < 4.78 is 55.0. The number of hydrogen-bond acceptors (Lipinski definition) is 6. The van der Waals surface area contributed by atoms with Gasteiger partial charge in [0.05, 0.1) is 17.4 Å². The average molecular weight is 469 g/mol. The number of halogens is 4. The van der Waals surface area contributed by atoms with Crippen LogP contribution in [0.5, 0.6) is 0 Å². The van der Waals surface area contributed by atoms with Crippen LogP contribution in [-0.2, 0) is 25.7 Å². The summed E-state index contributed by atoms with van der Waals surface area (Å²) in [5, 5.41) is 4.38. The van der Waals surface area contributed by atoms with Crippen molar-refractivity contribution in [3.05, 3.63) is 65.6 Å². The van der Waals surface area contributed by atoms with Crippen LogP contribution in [-0.4, -0.2) is 37.8 Å². The van der Waals surface area contributed by atoms with Crippen LogP contribution in [0.2, 0.25) is 0 Å². The van der Waals surface area contributed by atoms with Crippen molar-refractivity contribution in [2.45, 2.75) is 32.1 Å². The molecule has 3 aromatic heterocycles. The molecule has 0 saturated heterocycles. The molecule has 11 heteroatoms. The van der Waals surface area contributed by atoms with E-state index in [1.165, 1.54) is 23.1 Å². The molecule has 0 aliphatic carbocycles. The van der Waals surface area contributed by atoms with Crippen molar-refractivity contribution >= 4 is 28.2 Å². The molecule has 0 radical (unpaired) electrons. The van der Waals surface area contributed by atoms with Gasteiger partial charge in [-0.2, -0.15) is 18.3 Å². The van der Waals surface area contributed by atoms with E-state index in [0.29, 0.717) is 67.2 Å². The van der Waals surface area contributed by atoms with Crippen LogP contribution < -0.4 is 9.80 Å². The summed E-state index contributed by atoms with van der Waals surface area (Å²) >= 11 is 0. The molecule has 0 fully saturated rings. The van der Waals surface area contributed by atoms with Gasteiger partial charge in [-0.05, 0) is 36.2 Å². The van der Waals surface area contributed by atoms with Gasteiger partial charge in [0.15, 0.2) is 5.69 Å². The number of rotatable bonds is 2. The maximum Gasteiger partial charge on any atom is 0.435 e. The highest BCUT2D eigenvalue weighted by molar-refractivity contribution is 5.89. The third-order valence-corrected chi connectivity index (χ3v) is 6.29. The van der Waals surface area contributed by atoms with Gasteiger partial charge in [0.2, 0.25) is 0 Å². The van der Waals surface area contributed by atoms with Crippen LogP contribution in [0.3, 0.4) is 0 Å². The van der Waals surface area contributed by atoms with E-state index >= 15 is 0 Å².